The summed E-state index contributed by atoms with van der Waals surface area (Å²) in [5, 5.41) is 3.25. The van der Waals surface area contributed by atoms with E-state index in [1.54, 1.807) is 12.1 Å². The monoisotopic (exact) mass is 297 g/mol. The van der Waals surface area contributed by atoms with Gasteiger partial charge in [0.2, 0.25) is 0 Å². The van der Waals surface area contributed by atoms with E-state index in [9.17, 15) is 9.18 Å². The van der Waals surface area contributed by atoms with Crippen LogP contribution in [0.15, 0.2) is 36.4 Å². The van der Waals surface area contributed by atoms with E-state index in [-0.39, 0.29) is 5.56 Å². The number of benzene rings is 2. The van der Waals surface area contributed by atoms with E-state index >= 15 is 0 Å². The highest BCUT2D eigenvalue weighted by Gasteiger charge is 2.13. The van der Waals surface area contributed by atoms with Gasteiger partial charge in [0, 0.05) is 5.02 Å². The summed E-state index contributed by atoms with van der Waals surface area (Å²) in [6.07, 6.45) is 0. The smallest absolute Gasteiger partial charge is 0.258 e. The second-order valence-corrected chi connectivity index (χ2v) is 4.91. The van der Waals surface area contributed by atoms with Gasteiger partial charge in [-0.15, -0.1) is 0 Å². The standard InChI is InChI=1S/C14H10Cl2FNO/c1-8-2-4-11(16)13(6-8)18-14(19)10-7-9(15)3-5-12(10)17/h2-7H,1H3,(H,18,19). The van der Waals surface area contributed by atoms with Gasteiger partial charge < -0.3 is 5.32 Å². The molecule has 2 aromatic carbocycles. The number of halogens is 3. The van der Waals surface area contributed by atoms with Gasteiger partial charge in [0.05, 0.1) is 16.3 Å². The zero-order chi connectivity index (χ0) is 14.0. The van der Waals surface area contributed by atoms with Gasteiger partial charge in [-0.2, -0.15) is 0 Å². The van der Waals surface area contributed by atoms with Crippen molar-refractivity contribution >= 4 is 34.8 Å². The van der Waals surface area contributed by atoms with E-state index in [0.29, 0.717) is 15.7 Å². The molecule has 2 aromatic rings. The quantitative estimate of drug-likeness (QED) is 0.856. The van der Waals surface area contributed by atoms with Crippen molar-refractivity contribution in [2.45, 2.75) is 6.92 Å². The summed E-state index contributed by atoms with van der Waals surface area (Å²) < 4.78 is 13.6. The fourth-order valence-corrected chi connectivity index (χ4v) is 1.93. The molecule has 0 aromatic heterocycles. The third kappa shape index (κ3) is 3.25. The summed E-state index contributed by atoms with van der Waals surface area (Å²) in [6.45, 7) is 1.87. The fraction of sp³-hybridized carbons (Fsp3) is 0.0714. The molecule has 0 saturated heterocycles. The van der Waals surface area contributed by atoms with Crippen LogP contribution < -0.4 is 5.32 Å². The molecule has 0 aliphatic heterocycles. The van der Waals surface area contributed by atoms with Crippen molar-refractivity contribution in [2.24, 2.45) is 0 Å². The van der Waals surface area contributed by atoms with Gasteiger partial charge in [-0.05, 0) is 42.8 Å². The van der Waals surface area contributed by atoms with Crippen LogP contribution in [0.5, 0.6) is 0 Å². The first kappa shape index (κ1) is 13.8. The predicted molar refractivity (Wildman–Crippen MR) is 75.6 cm³/mol. The van der Waals surface area contributed by atoms with Gasteiger partial charge in [0.15, 0.2) is 0 Å². The Balaban J connectivity index is 2.30. The molecule has 1 amide bonds. The molecule has 0 radical (unpaired) electrons. The number of hydrogen-bond donors (Lipinski definition) is 1. The summed E-state index contributed by atoms with van der Waals surface area (Å²) in [6, 6.07) is 9.00. The first-order valence-corrected chi connectivity index (χ1v) is 6.25. The van der Waals surface area contributed by atoms with Crippen LogP contribution in [0.3, 0.4) is 0 Å². The maximum Gasteiger partial charge on any atom is 0.258 e. The Morgan fingerprint density at radius 3 is 2.63 bits per heavy atom. The molecule has 1 N–H and O–H groups in total. The second-order valence-electron chi connectivity index (χ2n) is 4.06. The molecule has 0 unspecified atom stereocenters. The summed E-state index contributed by atoms with van der Waals surface area (Å²) in [4.78, 5) is 12.0. The minimum atomic E-state index is -0.634. The number of hydrogen-bond acceptors (Lipinski definition) is 1. The van der Waals surface area contributed by atoms with Gasteiger partial charge in [0.1, 0.15) is 5.82 Å². The van der Waals surface area contributed by atoms with Gasteiger partial charge >= 0.3 is 0 Å². The van der Waals surface area contributed by atoms with Gasteiger partial charge in [-0.1, -0.05) is 29.3 Å². The third-order valence-corrected chi connectivity index (χ3v) is 3.11. The van der Waals surface area contributed by atoms with E-state index in [2.05, 4.69) is 5.32 Å². The Morgan fingerprint density at radius 2 is 1.89 bits per heavy atom. The molecule has 0 atom stereocenters. The molecule has 0 bridgehead atoms. The lowest BCUT2D eigenvalue weighted by Gasteiger charge is -2.09. The molecule has 0 fully saturated rings. The van der Waals surface area contributed by atoms with Crippen LogP contribution in [0.1, 0.15) is 15.9 Å². The highest BCUT2D eigenvalue weighted by Crippen LogP contribution is 2.24. The minimum absolute atomic E-state index is 0.120. The Hall–Kier alpha value is -1.58. The van der Waals surface area contributed by atoms with Gasteiger partial charge in [0.25, 0.3) is 5.91 Å². The van der Waals surface area contributed by atoms with Crippen molar-refractivity contribution in [3.63, 3.8) is 0 Å². The van der Waals surface area contributed by atoms with Crippen LogP contribution in [-0.4, -0.2) is 5.91 Å². The molecule has 0 aliphatic carbocycles. The van der Waals surface area contributed by atoms with Crippen LogP contribution in [0, 0.1) is 12.7 Å². The summed E-state index contributed by atoms with van der Waals surface area (Å²) in [7, 11) is 0. The Morgan fingerprint density at radius 1 is 1.16 bits per heavy atom. The topological polar surface area (TPSA) is 29.1 Å². The average molecular weight is 298 g/mol. The van der Waals surface area contributed by atoms with Crippen molar-refractivity contribution in [1.29, 1.82) is 0 Å². The number of rotatable bonds is 2. The molecule has 0 heterocycles. The molecular formula is C14H10Cl2FNO. The fourth-order valence-electron chi connectivity index (χ4n) is 1.60. The van der Waals surface area contributed by atoms with Crippen molar-refractivity contribution in [1.82, 2.24) is 0 Å². The third-order valence-electron chi connectivity index (χ3n) is 2.54. The van der Waals surface area contributed by atoms with E-state index in [1.165, 1.54) is 12.1 Å². The summed E-state index contributed by atoms with van der Waals surface area (Å²) in [5.74, 6) is -1.22. The summed E-state index contributed by atoms with van der Waals surface area (Å²) in [5.41, 5.74) is 1.25. The zero-order valence-electron chi connectivity index (χ0n) is 10.0. The number of aryl methyl sites for hydroxylation is 1. The zero-order valence-corrected chi connectivity index (χ0v) is 11.5. The van der Waals surface area contributed by atoms with E-state index < -0.39 is 11.7 Å². The SMILES string of the molecule is Cc1ccc(Cl)c(NC(=O)c2cc(Cl)ccc2F)c1. The first-order chi connectivity index (χ1) is 8.97. The molecule has 0 spiro atoms. The van der Waals surface area contributed by atoms with E-state index in [1.807, 2.05) is 13.0 Å². The molecule has 19 heavy (non-hydrogen) atoms. The van der Waals surface area contributed by atoms with Crippen LogP contribution in [-0.2, 0) is 0 Å². The van der Waals surface area contributed by atoms with E-state index in [4.69, 9.17) is 23.2 Å². The van der Waals surface area contributed by atoms with Crippen molar-refractivity contribution < 1.29 is 9.18 Å². The first-order valence-electron chi connectivity index (χ1n) is 5.50. The Labute approximate surface area is 120 Å². The Bertz CT molecular complexity index is 643. The number of nitrogens with one attached hydrogen (secondary N) is 1. The lowest BCUT2D eigenvalue weighted by Crippen LogP contribution is -2.14. The minimum Gasteiger partial charge on any atom is -0.321 e. The predicted octanol–water partition coefficient (Wildman–Crippen LogP) is 4.69. The van der Waals surface area contributed by atoms with Crippen LogP contribution in [0.4, 0.5) is 10.1 Å². The number of anilines is 1. The molecule has 2 rings (SSSR count). The van der Waals surface area contributed by atoms with Crippen LogP contribution in [0.2, 0.25) is 10.0 Å². The highest BCUT2D eigenvalue weighted by atomic mass is 35.5. The summed E-state index contributed by atoms with van der Waals surface area (Å²) >= 11 is 11.7. The highest BCUT2D eigenvalue weighted by molar-refractivity contribution is 6.34. The molecular weight excluding hydrogens is 288 g/mol. The van der Waals surface area contributed by atoms with Gasteiger partial charge in [-0.25, -0.2) is 4.39 Å². The maximum absolute atomic E-state index is 13.6. The van der Waals surface area contributed by atoms with Crippen LogP contribution in [0.25, 0.3) is 0 Å². The largest absolute Gasteiger partial charge is 0.321 e. The number of carbonyl (C=O) groups excluding carboxylic acids is 1. The molecule has 0 saturated carbocycles. The second kappa shape index (κ2) is 5.59. The lowest BCUT2D eigenvalue weighted by atomic mass is 10.1. The van der Waals surface area contributed by atoms with E-state index in [0.717, 1.165) is 11.6 Å². The number of amides is 1. The van der Waals surface area contributed by atoms with Crippen molar-refractivity contribution in [3.8, 4) is 0 Å². The molecule has 0 aliphatic rings. The van der Waals surface area contributed by atoms with Crippen molar-refractivity contribution in [2.75, 3.05) is 5.32 Å². The maximum atomic E-state index is 13.6. The molecule has 2 nitrogen and oxygen atoms in total. The molecule has 5 heteroatoms. The average Bonchev–Trinajstić information content (AvgIpc) is 2.36. The van der Waals surface area contributed by atoms with Crippen LogP contribution >= 0.6 is 23.2 Å². The lowest BCUT2D eigenvalue weighted by molar-refractivity contribution is 0.102. The Kier molecular flexibility index (Phi) is 4.08. The number of carbonyl (C=O) groups is 1. The normalized spacial score (nSPS) is 10.3. The van der Waals surface area contributed by atoms with Gasteiger partial charge in [-0.3, -0.25) is 4.79 Å². The van der Waals surface area contributed by atoms with Crippen molar-refractivity contribution in [3.05, 3.63) is 63.4 Å². The molecule has 98 valence electrons.